The number of hydrogen-bond acceptors (Lipinski definition) is 4. The maximum atomic E-state index is 13.5. The van der Waals surface area contributed by atoms with Crippen molar-refractivity contribution in [2.45, 2.75) is 32.0 Å². The molecule has 2 aromatic rings. The first-order valence-corrected chi connectivity index (χ1v) is 8.35. The number of piperidine rings is 1. The van der Waals surface area contributed by atoms with Crippen LogP contribution >= 0.6 is 0 Å². The number of hydrogen-bond donors (Lipinski definition) is 0. The predicted molar refractivity (Wildman–Crippen MR) is 87.7 cm³/mol. The third-order valence-corrected chi connectivity index (χ3v) is 4.30. The molecule has 0 N–H and O–H groups in total. The molecule has 2 heterocycles. The van der Waals surface area contributed by atoms with Crippen LogP contribution in [0.2, 0.25) is 0 Å². The number of aromatic nitrogens is 2. The van der Waals surface area contributed by atoms with Crippen LogP contribution in [-0.4, -0.2) is 40.0 Å². The molecule has 1 aliphatic rings. The molecule has 5 nitrogen and oxygen atoms in total. The standard InChI is InChI=1S/C18H17F4N3O2/c1-11-4-5-12(19)7-14(11)17(26)25-6-2-3-13(10-25)27-16-9-23-15(8-24-16)18(20,21)22/h4-5,7-9,13H,2-3,6,10H2,1H3/t13-/m1/s1. The zero-order valence-electron chi connectivity index (χ0n) is 14.5. The van der Waals surface area contributed by atoms with E-state index in [1.54, 1.807) is 11.8 Å². The minimum Gasteiger partial charge on any atom is -0.471 e. The van der Waals surface area contributed by atoms with Crippen molar-refractivity contribution in [3.05, 3.63) is 53.2 Å². The highest BCUT2D eigenvalue weighted by Gasteiger charge is 2.33. The Labute approximate surface area is 153 Å². The molecule has 1 atom stereocenters. The molecular formula is C18H17F4N3O2. The Balaban J connectivity index is 1.67. The van der Waals surface area contributed by atoms with E-state index in [9.17, 15) is 22.4 Å². The number of carbonyl (C=O) groups is 1. The van der Waals surface area contributed by atoms with Gasteiger partial charge in [0, 0.05) is 12.1 Å². The Morgan fingerprint density at radius 3 is 2.70 bits per heavy atom. The first kappa shape index (κ1) is 19.1. The van der Waals surface area contributed by atoms with Gasteiger partial charge in [0.25, 0.3) is 5.91 Å². The van der Waals surface area contributed by atoms with Crippen molar-refractivity contribution in [2.24, 2.45) is 0 Å². The second-order valence-electron chi connectivity index (χ2n) is 6.33. The second kappa shape index (κ2) is 7.50. The van der Waals surface area contributed by atoms with E-state index in [0.29, 0.717) is 31.1 Å². The van der Waals surface area contributed by atoms with Gasteiger partial charge in [0.15, 0.2) is 5.69 Å². The van der Waals surface area contributed by atoms with Crippen LogP contribution in [0.25, 0.3) is 0 Å². The highest BCUT2D eigenvalue weighted by molar-refractivity contribution is 5.95. The molecule has 1 aliphatic heterocycles. The number of nitrogens with zero attached hydrogens (tertiary/aromatic N) is 3. The van der Waals surface area contributed by atoms with E-state index in [4.69, 9.17) is 4.74 Å². The normalized spacial score (nSPS) is 17.7. The third kappa shape index (κ3) is 4.53. The van der Waals surface area contributed by atoms with Crippen molar-refractivity contribution in [1.29, 1.82) is 0 Å². The fraction of sp³-hybridized carbons (Fsp3) is 0.389. The fourth-order valence-electron chi connectivity index (χ4n) is 2.91. The molecule has 1 saturated heterocycles. The first-order chi connectivity index (χ1) is 12.7. The molecule has 0 saturated carbocycles. The van der Waals surface area contributed by atoms with Gasteiger partial charge in [-0.2, -0.15) is 13.2 Å². The molecular weight excluding hydrogens is 366 g/mol. The SMILES string of the molecule is Cc1ccc(F)cc1C(=O)N1CCC[C@@H](Oc2cnc(C(F)(F)F)cn2)C1. The van der Waals surface area contributed by atoms with Crippen molar-refractivity contribution in [1.82, 2.24) is 14.9 Å². The number of carbonyl (C=O) groups excluding carboxylic acids is 1. The minimum absolute atomic E-state index is 0.0377. The second-order valence-corrected chi connectivity index (χ2v) is 6.33. The van der Waals surface area contributed by atoms with E-state index in [-0.39, 0.29) is 23.9 Å². The molecule has 9 heteroatoms. The number of likely N-dealkylation sites (tertiary alicyclic amines) is 1. The lowest BCUT2D eigenvalue weighted by Gasteiger charge is -2.33. The molecule has 0 spiro atoms. The number of halogens is 4. The van der Waals surface area contributed by atoms with Crippen LogP contribution in [0.4, 0.5) is 17.6 Å². The van der Waals surface area contributed by atoms with Gasteiger partial charge in [-0.05, 0) is 37.5 Å². The number of alkyl halides is 3. The zero-order valence-corrected chi connectivity index (χ0v) is 14.5. The molecule has 0 radical (unpaired) electrons. The summed E-state index contributed by atoms with van der Waals surface area (Å²) in [5, 5.41) is 0. The summed E-state index contributed by atoms with van der Waals surface area (Å²) < 4.78 is 56.6. The van der Waals surface area contributed by atoms with E-state index in [2.05, 4.69) is 9.97 Å². The average molecular weight is 383 g/mol. The lowest BCUT2D eigenvalue weighted by molar-refractivity contribution is -0.141. The monoisotopic (exact) mass is 383 g/mol. The van der Waals surface area contributed by atoms with Gasteiger partial charge in [-0.3, -0.25) is 4.79 Å². The third-order valence-electron chi connectivity index (χ3n) is 4.30. The molecule has 0 bridgehead atoms. The van der Waals surface area contributed by atoms with Crippen molar-refractivity contribution in [2.75, 3.05) is 13.1 Å². The first-order valence-electron chi connectivity index (χ1n) is 8.35. The van der Waals surface area contributed by atoms with Crippen LogP contribution in [0.3, 0.4) is 0 Å². The Morgan fingerprint density at radius 2 is 2.04 bits per heavy atom. The van der Waals surface area contributed by atoms with Crippen LogP contribution < -0.4 is 4.74 Å². The molecule has 0 unspecified atom stereocenters. The average Bonchev–Trinajstić information content (AvgIpc) is 2.63. The summed E-state index contributed by atoms with van der Waals surface area (Å²) >= 11 is 0. The quantitative estimate of drug-likeness (QED) is 0.760. The van der Waals surface area contributed by atoms with E-state index in [1.165, 1.54) is 18.2 Å². The molecule has 1 amide bonds. The summed E-state index contributed by atoms with van der Waals surface area (Å²) in [7, 11) is 0. The number of amides is 1. The molecule has 1 aromatic heterocycles. The molecule has 144 valence electrons. The largest absolute Gasteiger partial charge is 0.471 e. The van der Waals surface area contributed by atoms with Crippen LogP contribution in [0, 0.1) is 12.7 Å². The van der Waals surface area contributed by atoms with Gasteiger partial charge in [-0.25, -0.2) is 14.4 Å². The van der Waals surface area contributed by atoms with E-state index >= 15 is 0 Å². The number of aryl methyl sites for hydroxylation is 1. The van der Waals surface area contributed by atoms with Crippen molar-refractivity contribution in [3.63, 3.8) is 0 Å². The van der Waals surface area contributed by atoms with Gasteiger partial charge in [0.1, 0.15) is 11.9 Å². The smallest absolute Gasteiger partial charge is 0.434 e. The van der Waals surface area contributed by atoms with Gasteiger partial charge < -0.3 is 9.64 Å². The van der Waals surface area contributed by atoms with Gasteiger partial charge in [-0.15, -0.1) is 0 Å². The van der Waals surface area contributed by atoms with Crippen LogP contribution in [0.5, 0.6) is 5.88 Å². The number of rotatable bonds is 3. The lowest BCUT2D eigenvalue weighted by Crippen LogP contribution is -2.44. The van der Waals surface area contributed by atoms with Crippen LogP contribution in [-0.2, 0) is 6.18 Å². The van der Waals surface area contributed by atoms with Crippen LogP contribution in [0.15, 0.2) is 30.6 Å². The summed E-state index contributed by atoms with van der Waals surface area (Å²) in [5.41, 5.74) is -0.153. The molecule has 1 fully saturated rings. The highest BCUT2D eigenvalue weighted by Crippen LogP contribution is 2.27. The minimum atomic E-state index is -4.57. The van der Waals surface area contributed by atoms with Gasteiger partial charge in [0.05, 0.1) is 18.9 Å². The number of benzene rings is 1. The molecule has 27 heavy (non-hydrogen) atoms. The van der Waals surface area contributed by atoms with Crippen molar-refractivity contribution < 1.29 is 27.1 Å². The van der Waals surface area contributed by atoms with Gasteiger partial charge in [0.2, 0.25) is 5.88 Å². The summed E-state index contributed by atoms with van der Waals surface area (Å²) in [5.74, 6) is -0.836. The summed E-state index contributed by atoms with van der Waals surface area (Å²) in [6, 6.07) is 4.03. The summed E-state index contributed by atoms with van der Waals surface area (Å²) in [6.45, 7) is 2.45. The van der Waals surface area contributed by atoms with Crippen LogP contribution in [0.1, 0.15) is 34.5 Å². The van der Waals surface area contributed by atoms with Crippen molar-refractivity contribution in [3.8, 4) is 5.88 Å². The molecule has 1 aromatic carbocycles. The van der Waals surface area contributed by atoms with E-state index in [1.807, 2.05) is 0 Å². The maximum absolute atomic E-state index is 13.5. The molecule has 0 aliphatic carbocycles. The Bertz CT molecular complexity index is 824. The van der Waals surface area contributed by atoms with Gasteiger partial charge in [-0.1, -0.05) is 6.07 Å². The van der Waals surface area contributed by atoms with E-state index < -0.39 is 23.8 Å². The Hall–Kier alpha value is -2.71. The summed E-state index contributed by atoms with van der Waals surface area (Å²) in [6.07, 6.45) is -2.20. The lowest BCUT2D eigenvalue weighted by atomic mass is 10.0. The Kier molecular flexibility index (Phi) is 5.29. The maximum Gasteiger partial charge on any atom is 0.434 e. The number of ether oxygens (including phenoxy) is 1. The summed E-state index contributed by atoms with van der Waals surface area (Å²) in [4.78, 5) is 21.2. The van der Waals surface area contributed by atoms with Gasteiger partial charge >= 0.3 is 6.18 Å². The predicted octanol–water partition coefficient (Wildman–Crippen LogP) is 3.63. The topological polar surface area (TPSA) is 55.3 Å². The van der Waals surface area contributed by atoms with E-state index in [0.717, 1.165) is 6.20 Å². The van der Waals surface area contributed by atoms with Crippen molar-refractivity contribution >= 4 is 5.91 Å². The zero-order chi connectivity index (χ0) is 19.6. The Morgan fingerprint density at radius 1 is 1.26 bits per heavy atom. The highest BCUT2D eigenvalue weighted by atomic mass is 19.4. The molecule has 3 rings (SSSR count). The fourth-order valence-corrected chi connectivity index (χ4v) is 2.91.